The Morgan fingerprint density at radius 2 is 2.45 bits per heavy atom. The summed E-state index contributed by atoms with van der Waals surface area (Å²) in [6, 6.07) is -0.635. The molecule has 11 heavy (non-hydrogen) atoms. The normalized spacial score (nSPS) is 12.8. The van der Waals surface area contributed by atoms with Crippen LogP contribution in [0.2, 0.25) is 0 Å². The van der Waals surface area contributed by atoms with Crippen LogP contribution in [-0.4, -0.2) is 21.5 Å². The van der Waals surface area contributed by atoms with Gasteiger partial charge in [-0.05, 0) is 0 Å². The SMILES string of the molecule is NC(=O)C(N)Cn1ccnc1. The minimum atomic E-state index is -0.635. The summed E-state index contributed by atoms with van der Waals surface area (Å²) in [6.45, 7) is 0.384. The summed E-state index contributed by atoms with van der Waals surface area (Å²) in [5, 5.41) is 0. The van der Waals surface area contributed by atoms with E-state index in [1.807, 2.05) is 0 Å². The second-order valence-corrected chi connectivity index (χ2v) is 2.27. The molecule has 0 spiro atoms. The molecule has 0 aliphatic heterocycles. The molecule has 1 atom stereocenters. The molecule has 0 radical (unpaired) electrons. The van der Waals surface area contributed by atoms with Gasteiger partial charge in [0.1, 0.15) is 6.04 Å². The lowest BCUT2D eigenvalue weighted by Gasteiger charge is -2.06. The third kappa shape index (κ3) is 2.05. The molecule has 0 bridgehead atoms. The number of primary amides is 1. The first-order valence-electron chi connectivity index (χ1n) is 3.21. The highest BCUT2D eigenvalue weighted by Gasteiger charge is 2.08. The van der Waals surface area contributed by atoms with E-state index in [4.69, 9.17) is 11.5 Å². The third-order valence-electron chi connectivity index (χ3n) is 1.33. The van der Waals surface area contributed by atoms with Crippen LogP contribution in [0, 0.1) is 0 Å². The van der Waals surface area contributed by atoms with Crippen LogP contribution in [0.25, 0.3) is 0 Å². The average molecular weight is 154 g/mol. The molecule has 1 aromatic rings. The number of aromatic nitrogens is 2. The zero-order valence-electron chi connectivity index (χ0n) is 5.97. The van der Waals surface area contributed by atoms with Crippen LogP contribution >= 0.6 is 0 Å². The summed E-state index contributed by atoms with van der Waals surface area (Å²) in [6.07, 6.45) is 4.93. The molecule has 1 amide bonds. The average Bonchev–Trinajstić information content (AvgIpc) is 2.39. The van der Waals surface area contributed by atoms with Crippen molar-refractivity contribution >= 4 is 5.91 Å². The first kappa shape index (κ1) is 7.74. The Morgan fingerprint density at radius 3 is 2.91 bits per heavy atom. The molecule has 1 heterocycles. The predicted octanol–water partition coefficient (Wildman–Crippen LogP) is -1.30. The van der Waals surface area contributed by atoms with Gasteiger partial charge in [-0.3, -0.25) is 4.79 Å². The zero-order chi connectivity index (χ0) is 8.27. The van der Waals surface area contributed by atoms with Crippen molar-refractivity contribution in [3.05, 3.63) is 18.7 Å². The number of nitrogens with two attached hydrogens (primary N) is 2. The van der Waals surface area contributed by atoms with E-state index in [0.717, 1.165) is 0 Å². The molecule has 1 aromatic heterocycles. The lowest BCUT2D eigenvalue weighted by atomic mass is 10.3. The van der Waals surface area contributed by atoms with Crippen molar-refractivity contribution < 1.29 is 4.79 Å². The second kappa shape index (κ2) is 3.16. The lowest BCUT2D eigenvalue weighted by Crippen LogP contribution is -2.39. The Kier molecular flexibility index (Phi) is 2.22. The van der Waals surface area contributed by atoms with Crippen LogP contribution < -0.4 is 11.5 Å². The summed E-state index contributed by atoms with van der Waals surface area (Å²) in [7, 11) is 0. The first-order valence-corrected chi connectivity index (χ1v) is 3.21. The third-order valence-corrected chi connectivity index (χ3v) is 1.33. The van der Waals surface area contributed by atoms with Crippen molar-refractivity contribution in [1.82, 2.24) is 9.55 Å². The fraction of sp³-hybridized carbons (Fsp3) is 0.333. The van der Waals surface area contributed by atoms with Gasteiger partial charge >= 0.3 is 0 Å². The molecular weight excluding hydrogens is 144 g/mol. The Balaban J connectivity index is 2.50. The molecule has 4 N–H and O–H groups in total. The second-order valence-electron chi connectivity index (χ2n) is 2.27. The molecule has 1 unspecified atom stereocenters. The number of amides is 1. The van der Waals surface area contributed by atoms with Crippen molar-refractivity contribution in [3.63, 3.8) is 0 Å². The Hall–Kier alpha value is -1.36. The Labute approximate surface area is 64.0 Å². The molecule has 0 saturated carbocycles. The number of hydrogen-bond acceptors (Lipinski definition) is 3. The van der Waals surface area contributed by atoms with Gasteiger partial charge in [0, 0.05) is 18.9 Å². The Bertz CT molecular complexity index is 231. The number of imidazole rings is 1. The number of hydrogen-bond donors (Lipinski definition) is 2. The molecule has 0 fully saturated rings. The van der Waals surface area contributed by atoms with Crippen molar-refractivity contribution in [1.29, 1.82) is 0 Å². The summed E-state index contributed by atoms with van der Waals surface area (Å²) in [5.74, 6) is -0.501. The van der Waals surface area contributed by atoms with E-state index < -0.39 is 11.9 Å². The smallest absolute Gasteiger partial charge is 0.236 e. The van der Waals surface area contributed by atoms with Gasteiger partial charge in [-0.1, -0.05) is 0 Å². The van der Waals surface area contributed by atoms with Crippen LogP contribution in [0.1, 0.15) is 0 Å². The monoisotopic (exact) mass is 154 g/mol. The maximum absolute atomic E-state index is 10.5. The fourth-order valence-electron chi connectivity index (χ4n) is 0.712. The van der Waals surface area contributed by atoms with Crippen LogP contribution in [0.15, 0.2) is 18.7 Å². The summed E-state index contributed by atoms with van der Waals surface area (Å²) in [5.41, 5.74) is 10.3. The van der Waals surface area contributed by atoms with Gasteiger partial charge in [0.05, 0.1) is 6.33 Å². The van der Waals surface area contributed by atoms with Gasteiger partial charge in [-0.25, -0.2) is 4.98 Å². The van der Waals surface area contributed by atoms with Crippen molar-refractivity contribution in [2.45, 2.75) is 12.6 Å². The van der Waals surface area contributed by atoms with E-state index >= 15 is 0 Å². The van der Waals surface area contributed by atoms with Gasteiger partial charge in [0.2, 0.25) is 5.91 Å². The Morgan fingerprint density at radius 1 is 1.73 bits per heavy atom. The summed E-state index contributed by atoms with van der Waals surface area (Å²) >= 11 is 0. The highest BCUT2D eigenvalue weighted by molar-refractivity contribution is 5.79. The van der Waals surface area contributed by atoms with E-state index in [0.29, 0.717) is 6.54 Å². The molecule has 0 aliphatic carbocycles. The van der Waals surface area contributed by atoms with Gasteiger partial charge in [0.25, 0.3) is 0 Å². The number of nitrogens with zero attached hydrogens (tertiary/aromatic N) is 2. The molecule has 5 heteroatoms. The molecule has 5 nitrogen and oxygen atoms in total. The molecule has 1 rings (SSSR count). The molecule has 0 aromatic carbocycles. The van der Waals surface area contributed by atoms with Crippen LogP contribution in [-0.2, 0) is 11.3 Å². The van der Waals surface area contributed by atoms with Gasteiger partial charge in [-0.15, -0.1) is 0 Å². The summed E-state index contributed by atoms with van der Waals surface area (Å²) < 4.78 is 1.70. The quantitative estimate of drug-likeness (QED) is 0.567. The number of carbonyl (C=O) groups is 1. The van der Waals surface area contributed by atoms with Gasteiger partial charge in [0.15, 0.2) is 0 Å². The van der Waals surface area contributed by atoms with Crippen molar-refractivity contribution in [2.75, 3.05) is 0 Å². The standard InChI is InChI=1S/C6H10N4O/c7-5(6(8)11)3-10-2-1-9-4-10/h1-2,4-5H,3,7H2,(H2,8,11). The minimum Gasteiger partial charge on any atom is -0.368 e. The number of carbonyl (C=O) groups excluding carboxylic acids is 1. The van der Waals surface area contributed by atoms with E-state index in [1.54, 1.807) is 23.3 Å². The molecule has 60 valence electrons. The van der Waals surface area contributed by atoms with E-state index in [2.05, 4.69) is 4.98 Å². The van der Waals surface area contributed by atoms with Crippen molar-refractivity contribution in [2.24, 2.45) is 11.5 Å². The topological polar surface area (TPSA) is 86.9 Å². The minimum absolute atomic E-state index is 0.384. The van der Waals surface area contributed by atoms with Crippen LogP contribution in [0.4, 0.5) is 0 Å². The maximum atomic E-state index is 10.5. The maximum Gasteiger partial charge on any atom is 0.236 e. The highest BCUT2D eigenvalue weighted by Crippen LogP contribution is 1.88. The van der Waals surface area contributed by atoms with E-state index in [1.165, 1.54) is 0 Å². The molecule has 0 aliphatic rings. The lowest BCUT2D eigenvalue weighted by molar-refractivity contribution is -0.119. The number of rotatable bonds is 3. The van der Waals surface area contributed by atoms with Crippen LogP contribution in [0.3, 0.4) is 0 Å². The zero-order valence-corrected chi connectivity index (χ0v) is 5.97. The van der Waals surface area contributed by atoms with Gasteiger partial charge in [-0.2, -0.15) is 0 Å². The van der Waals surface area contributed by atoms with Gasteiger partial charge < -0.3 is 16.0 Å². The van der Waals surface area contributed by atoms with E-state index in [9.17, 15) is 4.79 Å². The fourth-order valence-corrected chi connectivity index (χ4v) is 0.712. The molecule has 0 saturated heterocycles. The van der Waals surface area contributed by atoms with Crippen LogP contribution in [0.5, 0.6) is 0 Å². The highest BCUT2D eigenvalue weighted by atomic mass is 16.1. The van der Waals surface area contributed by atoms with Crippen molar-refractivity contribution in [3.8, 4) is 0 Å². The largest absolute Gasteiger partial charge is 0.368 e. The predicted molar refractivity (Wildman–Crippen MR) is 39.4 cm³/mol. The summed E-state index contributed by atoms with van der Waals surface area (Å²) in [4.78, 5) is 14.3. The first-order chi connectivity index (χ1) is 5.20. The molecular formula is C6H10N4O. The van der Waals surface area contributed by atoms with E-state index in [-0.39, 0.29) is 0 Å².